The molecule has 1 aromatic carbocycles. The van der Waals surface area contributed by atoms with Crippen LogP contribution in [0.4, 0.5) is 0 Å². The summed E-state index contributed by atoms with van der Waals surface area (Å²) in [6, 6.07) is 4.65. The fourth-order valence-electron chi connectivity index (χ4n) is 2.20. The van der Waals surface area contributed by atoms with Gasteiger partial charge in [0, 0.05) is 0 Å². The van der Waals surface area contributed by atoms with Gasteiger partial charge in [-0.15, -0.1) is 11.3 Å². The molecule has 0 aliphatic rings. The monoisotopic (exact) mass is 247 g/mol. The number of hydrogen-bond acceptors (Lipinski definition) is 2. The van der Waals surface area contributed by atoms with Crippen LogP contribution in [0.2, 0.25) is 0 Å². The first kappa shape index (κ1) is 12.6. The number of fused-ring (bicyclic) bond motifs is 1. The summed E-state index contributed by atoms with van der Waals surface area (Å²) in [5, 5.41) is 1.25. The molecule has 0 unspecified atom stereocenters. The lowest BCUT2D eigenvalue weighted by atomic mass is 9.90. The Morgan fingerprint density at radius 1 is 1.06 bits per heavy atom. The van der Waals surface area contributed by atoms with E-state index in [1.807, 2.05) is 11.3 Å². The third-order valence-corrected chi connectivity index (χ3v) is 4.35. The van der Waals surface area contributed by atoms with Crippen molar-refractivity contribution in [3.05, 3.63) is 28.3 Å². The lowest BCUT2D eigenvalue weighted by Gasteiger charge is -2.15. The van der Waals surface area contributed by atoms with Crippen LogP contribution < -0.4 is 0 Å². The van der Waals surface area contributed by atoms with Crippen molar-refractivity contribution in [1.82, 2.24) is 4.98 Å². The molecule has 2 heteroatoms. The topological polar surface area (TPSA) is 12.9 Å². The smallest absolute Gasteiger partial charge is 0.0935 e. The van der Waals surface area contributed by atoms with Crippen LogP contribution >= 0.6 is 11.3 Å². The maximum Gasteiger partial charge on any atom is 0.0935 e. The number of nitrogens with zero attached hydrogens (tertiary/aromatic N) is 1. The van der Waals surface area contributed by atoms with E-state index in [0.717, 1.165) is 6.42 Å². The minimum Gasteiger partial charge on any atom is -0.241 e. The number of aryl methyl sites for hydroxylation is 1. The van der Waals surface area contributed by atoms with Crippen molar-refractivity contribution in [1.29, 1.82) is 0 Å². The Morgan fingerprint density at radius 3 is 2.18 bits per heavy atom. The normalized spacial score (nSPS) is 11.9. The summed E-state index contributed by atoms with van der Waals surface area (Å²) in [5.74, 6) is 1.16. The lowest BCUT2D eigenvalue weighted by Crippen LogP contribution is -1.98. The first-order chi connectivity index (χ1) is 8.02. The number of rotatable bonds is 3. The van der Waals surface area contributed by atoms with Crippen molar-refractivity contribution in [2.24, 2.45) is 0 Å². The molecule has 2 aromatic rings. The fraction of sp³-hybridized carbons (Fsp3) is 0.533. The zero-order valence-electron chi connectivity index (χ0n) is 11.4. The average Bonchev–Trinajstić information content (AvgIpc) is 2.68. The Kier molecular flexibility index (Phi) is 3.53. The molecule has 0 atom stereocenters. The molecule has 0 fully saturated rings. The quantitative estimate of drug-likeness (QED) is 0.735. The van der Waals surface area contributed by atoms with Crippen molar-refractivity contribution in [3.63, 3.8) is 0 Å². The molecule has 0 amide bonds. The highest BCUT2D eigenvalue weighted by molar-refractivity contribution is 7.18. The third-order valence-electron chi connectivity index (χ3n) is 3.18. The van der Waals surface area contributed by atoms with Gasteiger partial charge in [0.25, 0.3) is 0 Å². The van der Waals surface area contributed by atoms with E-state index >= 15 is 0 Å². The summed E-state index contributed by atoms with van der Waals surface area (Å²) < 4.78 is 1.34. The number of hydrogen-bond donors (Lipinski definition) is 0. The Morgan fingerprint density at radius 2 is 1.65 bits per heavy atom. The number of thiazole rings is 1. The minimum absolute atomic E-state index is 0.573. The molecule has 2 rings (SSSR count). The van der Waals surface area contributed by atoms with Crippen molar-refractivity contribution < 1.29 is 0 Å². The summed E-state index contributed by atoms with van der Waals surface area (Å²) in [5.41, 5.74) is 4.12. The zero-order valence-corrected chi connectivity index (χ0v) is 12.2. The highest BCUT2D eigenvalue weighted by Crippen LogP contribution is 2.33. The Balaban J connectivity index is 2.65. The maximum atomic E-state index is 4.69. The molecule has 1 nitrogen and oxygen atoms in total. The van der Waals surface area contributed by atoms with Crippen LogP contribution in [0.15, 0.2) is 12.1 Å². The summed E-state index contributed by atoms with van der Waals surface area (Å²) in [6.07, 6.45) is 1.04. The third kappa shape index (κ3) is 2.37. The van der Waals surface area contributed by atoms with Gasteiger partial charge in [-0.2, -0.15) is 0 Å². The number of benzene rings is 1. The predicted molar refractivity (Wildman–Crippen MR) is 77.2 cm³/mol. The second kappa shape index (κ2) is 4.77. The lowest BCUT2D eigenvalue weighted by molar-refractivity contribution is 0.793. The van der Waals surface area contributed by atoms with E-state index in [1.54, 1.807) is 0 Å². The summed E-state index contributed by atoms with van der Waals surface area (Å²) in [6.45, 7) is 11.2. The zero-order chi connectivity index (χ0) is 12.6. The van der Waals surface area contributed by atoms with Gasteiger partial charge in [0.05, 0.1) is 15.2 Å². The molecular weight excluding hydrogens is 226 g/mol. The first-order valence-corrected chi connectivity index (χ1v) is 7.27. The highest BCUT2D eigenvalue weighted by Gasteiger charge is 2.13. The summed E-state index contributed by atoms with van der Waals surface area (Å²) >= 11 is 1.84. The molecular formula is C15H21NS. The van der Waals surface area contributed by atoms with E-state index in [4.69, 9.17) is 4.98 Å². The van der Waals surface area contributed by atoms with E-state index in [9.17, 15) is 0 Å². The molecule has 0 saturated carbocycles. The molecule has 0 aliphatic carbocycles. The fourth-order valence-corrected chi connectivity index (χ4v) is 3.14. The first-order valence-electron chi connectivity index (χ1n) is 6.46. The maximum absolute atomic E-state index is 4.69. The van der Waals surface area contributed by atoms with Gasteiger partial charge in [-0.25, -0.2) is 4.98 Å². The van der Waals surface area contributed by atoms with Gasteiger partial charge < -0.3 is 0 Å². The molecule has 1 heterocycles. The standard InChI is InChI=1S/C15H21NS/c1-6-15-16-13-7-11(9(2)3)12(10(4)5)8-14(13)17-15/h7-10H,6H2,1-5H3. The SMILES string of the molecule is CCc1nc2cc(C(C)C)c(C(C)C)cc2s1. The number of aromatic nitrogens is 1. The van der Waals surface area contributed by atoms with Gasteiger partial charge >= 0.3 is 0 Å². The van der Waals surface area contributed by atoms with Crippen LogP contribution in [0.5, 0.6) is 0 Å². The molecule has 0 spiro atoms. The van der Waals surface area contributed by atoms with E-state index in [1.165, 1.54) is 26.4 Å². The predicted octanol–water partition coefficient (Wildman–Crippen LogP) is 5.11. The van der Waals surface area contributed by atoms with Gasteiger partial charge in [0.2, 0.25) is 0 Å². The van der Waals surface area contributed by atoms with E-state index < -0.39 is 0 Å². The largest absolute Gasteiger partial charge is 0.241 e. The minimum atomic E-state index is 0.573. The van der Waals surface area contributed by atoms with Crippen molar-refractivity contribution in [2.75, 3.05) is 0 Å². The molecule has 1 aromatic heterocycles. The van der Waals surface area contributed by atoms with E-state index in [0.29, 0.717) is 11.8 Å². The van der Waals surface area contributed by atoms with Crippen LogP contribution in [0.3, 0.4) is 0 Å². The molecule has 0 N–H and O–H groups in total. The van der Waals surface area contributed by atoms with Crippen LogP contribution in [-0.2, 0) is 6.42 Å². The molecule has 0 radical (unpaired) electrons. The molecule has 0 bridgehead atoms. The van der Waals surface area contributed by atoms with E-state index in [2.05, 4.69) is 46.8 Å². The van der Waals surface area contributed by atoms with Gasteiger partial charge in [-0.3, -0.25) is 0 Å². The van der Waals surface area contributed by atoms with Crippen LogP contribution in [0.1, 0.15) is 62.6 Å². The summed E-state index contributed by atoms with van der Waals surface area (Å²) in [4.78, 5) is 4.69. The molecule has 0 aliphatic heterocycles. The molecule has 92 valence electrons. The average molecular weight is 247 g/mol. The van der Waals surface area contributed by atoms with Gasteiger partial charge in [0.1, 0.15) is 0 Å². The Labute approximate surface area is 108 Å². The molecule has 0 saturated heterocycles. The Bertz CT molecular complexity index is 478. The van der Waals surface area contributed by atoms with Gasteiger partial charge in [0.15, 0.2) is 0 Å². The van der Waals surface area contributed by atoms with Crippen molar-refractivity contribution >= 4 is 21.6 Å². The highest BCUT2D eigenvalue weighted by atomic mass is 32.1. The van der Waals surface area contributed by atoms with Crippen molar-refractivity contribution in [2.45, 2.75) is 52.9 Å². The van der Waals surface area contributed by atoms with Crippen LogP contribution in [-0.4, -0.2) is 4.98 Å². The van der Waals surface area contributed by atoms with Crippen LogP contribution in [0, 0.1) is 0 Å². The van der Waals surface area contributed by atoms with Crippen molar-refractivity contribution in [3.8, 4) is 0 Å². The summed E-state index contributed by atoms with van der Waals surface area (Å²) in [7, 11) is 0. The van der Waals surface area contributed by atoms with Gasteiger partial charge in [-0.1, -0.05) is 34.6 Å². The van der Waals surface area contributed by atoms with Gasteiger partial charge in [-0.05, 0) is 41.5 Å². The van der Waals surface area contributed by atoms with Crippen LogP contribution in [0.25, 0.3) is 10.2 Å². The second-order valence-corrected chi connectivity index (χ2v) is 6.33. The van der Waals surface area contributed by atoms with E-state index in [-0.39, 0.29) is 0 Å². The Hall–Kier alpha value is -0.890. The second-order valence-electron chi connectivity index (χ2n) is 5.22. The molecule has 17 heavy (non-hydrogen) atoms.